The van der Waals surface area contributed by atoms with Crippen LogP contribution < -0.4 is 0 Å². The molecule has 1 amide bonds. The van der Waals surface area contributed by atoms with E-state index in [4.69, 9.17) is 0 Å². The molecule has 1 aliphatic rings. The molecular weight excluding hydrogens is 332 g/mol. The van der Waals surface area contributed by atoms with Crippen LogP contribution in [0, 0.1) is 5.92 Å². The van der Waals surface area contributed by atoms with Crippen molar-refractivity contribution in [1.82, 2.24) is 9.88 Å². The molecule has 0 radical (unpaired) electrons. The van der Waals surface area contributed by atoms with E-state index in [1.165, 1.54) is 17.8 Å². The molecule has 0 unspecified atom stereocenters. The van der Waals surface area contributed by atoms with Crippen molar-refractivity contribution in [2.24, 2.45) is 5.92 Å². The smallest absolute Gasteiger partial charge is 0.276 e. The van der Waals surface area contributed by atoms with Crippen LogP contribution in [0.2, 0.25) is 0 Å². The molecule has 4 nitrogen and oxygen atoms in total. The zero-order chi connectivity index (χ0) is 14.8. The van der Waals surface area contributed by atoms with E-state index in [1.54, 1.807) is 11.0 Å². The Hall–Kier alpha value is -1.88. The van der Waals surface area contributed by atoms with E-state index in [-0.39, 0.29) is 17.4 Å². The van der Waals surface area contributed by atoms with Crippen molar-refractivity contribution in [1.29, 1.82) is 0 Å². The van der Waals surface area contributed by atoms with Crippen LogP contribution in [0.4, 0.5) is 0 Å². The standard InChI is InChI=1S/C16H15BrN2O2/c17-13-5-3-11(4-6-13)8-12-9-19(10-12)16(21)15-14(20)2-1-7-18-15/h1-7,12,20H,8-10H2. The highest BCUT2D eigenvalue weighted by atomic mass is 79.9. The van der Waals surface area contributed by atoms with Crippen molar-refractivity contribution < 1.29 is 9.90 Å². The Morgan fingerprint density at radius 3 is 2.67 bits per heavy atom. The summed E-state index contributed by atoms with van der Waals surface area (Å²) in [5.41, 5.74) is 1.41. The van der Waals surface area contributed by atoms with Crippen LogP contribution >= 0.6 is 15.9 Å². The molecule has 0 spiro atoms. The van der Waals surface area contributed by atoms with Crippen LogP contribution in [0.1, 0.15) is 16.1 Å². The maximum absolute atomic E-state index is 12.2. The summed E-state index contributed by atoms with van der Waals surface area (Å²) in [5, 5.41) is 9.66. The quantitative estimate of drug-likeness (QED) is 0.929. The Balaban J connectivity index is 1.57. The van der Waals surface area contributed by atoms with Crippen molar-refractivity contribution in [2.45, 2.75) is 6.42 Å². The maximum Gasteiger partial charge on any atom is 0.276 e. The molecule has 2 heterocycles. The number of amides is 1. The number of carbonyl (C=O) groups excluding carboxylic acids is 1. The first kappa shape index (κ1) is 14.1. The second-order valence-corrected chi connectivity index (χ2v) is 6.19. The topological polar surface area (TPSA) is 53.4 Å². The van der Waals surface area contributed by atoms with Gasteiger partial charge in [0.15, 0.2) is 5.69 Å². The monoisotopic (exact) mass is 346 g/mol. The summed E-state index contributed by atoms with van der Waals surface area (Å²) in [6, 6.07) is 11.3. The van der Waals surface area contributed by atoms with Gasteiger partial charge in [0.1, 0.15) is 5.75 Å². The number of benzene rings is 1. The lowest BCUT2D eigenvalue weighted by Gasteiger charge is -2.39. The number of halogens is 1. The maximum atomic E-state index is 12.2. The molecule has 108 valence electrons. The first-order chi connectivity index (χ1) is 10.1. The summed E-state index contributed by atoms with van der Waals surface area (Å²) in [4.78, 5) is 17.9. The number of hydrogen-bond acceptors (Lipinski definition) is 3. The Bertz CT molecular complexity index is 652. The first-order valence-corrected chi connectivity index (χ1v) is 7.60. The molecule has 2 aromatic rings. The molecule has 1 fully saturated rings. The summed E-state index contributed by atoms with van der Waals surface area (Å²) < 4.78 is 1.07. The fraction of sp³-hybridized carbons (Fsp3) is 0.250. The van der Waals surface area contributed by atoms with Crippen LogP contribution in [-0.4, -0.2) is 34.0 Å². The lowest BCUT2D eigenvalue weighted by molar-refractivity contribution is 0.0492. The number of aromatic nitrogens is 1. The minimum atomic E-state index is -0.194. The van der Waals surface area contributed by atoms with Crippen molar-refractivity contribution in [3.8, 4) is 5.75 Å². The minimum Gasteiger partial charge on any atom is -0.505 e. The SMILES string of the molecule is O=C(c1ncccc1O)N1CC(Cc2ccc(Br)cc2)C1. The lowest BCUT2D eigenvalue weighted by Crippen LogP contribution is -2.50. The van der Waals surface area contributed by atoms with Crippen molar-refractivity contribution in [3.63, 3.8) is 0 Å². The predicted molar refractivity (Wildman–Crippen MR) is 83.1 cm³/mol. The fourth-order valence-corrected chi connectivity index (χ4v) is 2.79. The predicted octanol–water partition coefficient (Wildman–Crippen LogP) is 2.86. The van der Waals surface area contributed by atoms with Gasteiger partial charge in [0.05, 0.1) is 0 Å². The number of pyridine rings is 1. The van der Waals surface area contributed by atoms with Gasteiger partial charge in [0.25, 0.3) is 5.91 Å². The van der Waals surface area contributed by atoms with Gasteiger partial charge in [-0.1, -0.05) is 28.1 Å². The Morgan fingerprint density at radius 1 is 1.29 bits per heavy atom. The van der Waals surface area contributed by atoms with Gasteiger partial charge in [0.2, 0.25) is 0 Å². The summed E-state index contributed by atoms with van der Waals surface area (Å²) in [7, 11) is 0. The van der Waals surface area contributed by atoms with Gasteiger partial charge in [-0.05, 0) is 42.2 Å². The molecule has 21 heavy (non-hydrogen) atoms. The molecule has 5 heteroatoms. The van der Waals surface area contributed by atoms with Gasteiger partial charge in [0, 0.05) is 23.8 Å². The normalized spacial score (nSPS) is 14.8. The van der Waals surface area contributed by atoms with Crippen LogP contribution in [0.15, 0.2) is 47.1 Å². The van der Waals surface area contributed by atoms with Crippen LogP contribution in [-0.2, 0) is 6.42 Å². The molecule has 0 atom stereocenters. The van der Waals surface area contributed by atoms with Crippen molar-refractivity contribution >= 4 is 21.8 Å². The van der Waals surface area contributed by atoms with E-state index in [2.05, 4.69) is 33.0 Å². The Morgan fingerprint density at radius 2 is 2.00 bits per heavy atom. The molecule has 1 aromatic carbocycles. The van der Waals surface area contributed by atoms with Crippen LogP contribution in [0.5, 0.6) is 5.75 Å². The number of rotatable bonds is 3. The number of likely N-dealkylation sites (tertiary alicyclic amines) is 1. The highest BCUT2D eigenvalue weighted by molar-refractivity contribution is 9.10. The van der Waals surface area contributed by atoms with Gasteiger partial charge < -0.3 is 10.0 Å². The van der Waals surface area contributed by atoms with E-state index in [0.29, 0.717) is 19.0 Å². The highest BCUT2D eigenvalue weighted by Crippen LogP contribution is 2.25. The van der Waals surface area contributed by atoms with E-state index in [1.807, 2.05) is 12.1 Å². The Kier molecular flexibility index (Phi) is 3.92. The fourth-order valence-electron chi connectivity index (χ4n) is 2.53. The minimum absolute atomic E-state index is 0.0566. The molecule has 0 bridgehead atoms. The third-order valence-electron chi connectivity index (χ3n) is 3.67. The van der Waals surface area contributed by atoms with Crippen molar-refractivity contribution in [2.75, 3.05) is 13.1 Å². The van der Waals surface area contributed by atoms with Crippen LogP contribution in [0.3, 0.4) is 0 Å². The Labute approximate surface area is 131 Å². The molecule has 1 saturated heterocycles. The second kappa shape index (κ2) is 5.85. The largest absolute Gasteiger partial charge is 0.505 e. The van der Waals surface area contributed by atoms with Crippen LogP contribution in [0.25, 0.3) is 0 Å². The molecule has 1 aromatic heterocycles. The molecule has 0 saturated carbocycles. The number of nitrogens with zero attached hydrogens (tertiary/aromatic N) is 2. The summed E-state index contributed by atoms with van der Waals surface area (Å²) in [6.07, 6.45) is 2.48. The lowest BCUT2D eigenvalue weighted by atomic mass is 9.92. The number of aromatic hydroxyl groups is 1. The molecule has 0 aliphatic carbocycles. The third kappa shape index (κ3) is 3.08. The zero-order valence-electron chi connectivity index (χ0n) is 11.4. The highest BCUT2D eigenvalue weighted by Gasteiger charge is 2.32. The molecule has 3 rings (SSSR count). The van der Waals surface area contributed by atoms with Gasteiger partial charge in [-0.15, -0.1) is 0 Å². The third-order valence-corrected chi connectivity index (χ3v) is 4.20. The van der Waals surface area contributed by atoms with Gasteiger partial charge in [-0.3, -0.25) is 4.79 Å². The zero-order valence-corrected chi connectivity index (χ0v) is 13.0. The second-order valence-electron chi connectivity index (χ2n) is 5.28. The summed E-state index contributed by atoms with van der Waals surface area (Å²) in [5.74, 6) is 0.222. The van der Waals surface area contributed by atoms with Gasteiger partial charge in [-0.2, -0.15) is 0 Å². The van der Waals surface area contributed by atoms with E-state index >= 15 is 0 Å². The summed E-state index contributed by atoms with van der Waals surface area (Å²) in [6.45, 7) is 1.43. The molecular formula is C16H15BrN2O2. The van der Waals surface area contributed by atoms with Gasteiger partial charge >= 0.3 is 0 Å². The summed E-state index contributed by atoms with van der Waals surface area (Å²) >= 11 is 3.42. The molecule has 1 aliphatic heterocycles. The van der Waals surface area contributed by atoms with E-state index < -0.39 is 0 Å². The first-order valence-electron chi connectivity index (χ1n) is 6.81. The average Bonchev–Trinajstić information content (AvgIpc) is 2.44. The van der Waals surface area contributed by atoms with Crippen molar-refractivity contribution in [3.05, 3.63) is 58.3 Å². The van der Waals surface area contributed by atoms with E-state index in [0.717, 1.165) is 10.9 Å². The molecule has 1 N–H and O–H groups in total. The number of carbonyl (C=O) groups is 1. The number of hydrogen-bond donors (Lipinski definition) is 1. The van der Waals surface area contributed by atoms with E-state index in [9.17, 15) is 9.90 Å². The van der Waals surface area contributed by atoms with Gasteiger partial charge in [-0.25, -0.2) is 4.98 Å². The average molecular weight is 347 g/mol.